The second-order valence-electron chi connectivity index (χ2n) is 6.78. The van der Waals surface area contributed by atoms with Crippen LogP contribution in [0.25, 0.3) is 0 Å². The average molecular weight is 359 g/mol. The summed E-state index contributed by atoms with van der Waals surface area (Å²) in [6, 6.07) is 12.0. The summed E-state index contributed by atoms with van der Waals surface area (Å²) < 4.78 is 0. The minimum atomic E-state index is -0.179. The summed E-state index contributed by atoms with van der Waals surface area (Å²) in [7, 11) is 0. The Kier molecular flexibility index (Phi) is 5.25. The largest absolute Gasteiger partial charge is 0.382 e. The van der Waals surface area contributed by atoms with E-state index in [4.69, 9.17) is 17.3 Å². The van der Waals surface area contributed by atoms with Gasteiger partial charge in [-0.3, -0.25) is 9.69 Å². The second kappa shape index (κ2) is 7.42. The third kappa shape index (κ3) is 4.11. The number of hydrogen-bond donors (Lipinski definition) is 2. The highest BCUT2D eigenvalue weighted by molar-refractivity contribution is 6.33. The van der Waals surface area contributed by atoms with Gasteiger partial charge < -0.3 is 11.1 Å². The number of amides is 1. The molecule has 1 amide bonds. The summed E-state index contributed by atoms with van der Waals surface area (Å²) in [6.45, 7) is 4.72. The SMILES string of the molecule is CC1(CNC(=O)c2cnc(N)c(Cl)c2)CCCN1Cc1ccccc1. The van der Waals surface area contributed by atoms with E-state index in [-0.39, 0.29) is 17.3 Å². The van der Waals surface area contributed by atoms with Crippen LogP contribution in [0.3, 0.4) is 0 Å². The number of nitrogens with zero attached hydrogens (tertiary/aromatic N) is 2. The van der Waals surface area contributed by atoms with Crippen molar-refractivity contribution >= 4 is 23.3 Å². The van der Waals surface area contributed by atoms with Crippen molar-refractivity contribution in [3.8, 4) is 0 Å². The maximum Gasteiger partial charge on any atom is 0.252 e. The molecule has 1 aromatic heterocycles. The van der Waals surface area contributed by atoms with Crippen molar-refractivity contribution in [2.45, 2.75) is 31.8 Å². The van der Waals surface area contributed by atoms with Gasteiger partial charge in [0.15, 0.2) is 0 Å². The molecule has 1 aliphatic rings. The summed E-state index contributed by atoms with van der Waals surface area (Å²) in [5.41, 5.74) is 7.25. The van der Waals surface area contributed by atoms with Crippen molar-refractivity contribution in [1.29, 1.82) is 0 Å². The second-order valence-corrected chi connectivity index (χ2v) is 7.19. The molecule has 1 saturated heterocycles. The van der Waals surface area contributed by atoms with Crippen LogP contribution in [0.1, 0.15) is 35.7 Å². The number of rotatable bonds is 5. The molecule has 0 spiro atoms. The highest BCUT2D eigenvalue weighted by Crippen LogP contribution is 2.30. The molecule has 1 unspecified atom stereocenters. The monoisotopic (exact) mass is 358 g/mol. The van der Waals surface area contributed by atoms with Crippen molar-refractivity contribution in [3.63, 3.8) is 0 Å². The third-order valence-corrected chi connectivity index (χ3v) is 5.19. The fourth-order valence-corrected chi connectivity index (χ4v) is 3.46. The first-order valence-corrected chi connectivity index (χ1v) is 8.84. The number of pyridine rings is 1. The van der Waals surface area contributed by atoms with Crippen molar-refractivity contribution < 1.29 is 4.79 Å². The summed E-state index contributed by atoms with van der Waals surface area (Å²) in [5, 5.41) is 3.32. The molecule has 0 saturated carbocycles. The Labute approximate surface area is 153 Å². The number of nitrogens with two attached hydrogens (primary N) is 1. The molecular weight excluding hydrogens is 336 g/mol. The van der Waals surface area contributed by atoms with E-state index in [0.29, 0.717) is 17.1 Å². The molecule has 1 aliphatic heterocycles. The molecule has 6 heteroatoms. The number of halogens is 1. The number of benzene rings is 1. The predicted molar refractivity (Wildman–Crippen MR) is 100 cm³/mol. The first kappa shape index (κ1) is 17.7. The average Bonchev–Trinajstić information content (AvgIpc) is 2.97. The Hall–Kier alpha value is -2.11. The maximum absolute atomic E-state index is 12.4. The standard InChI is InChI=1S/C19H23ClN4O/c1-19(8-5-9-24(19)12-14-6-3-2-4-7-14)13-23-18(25)15-10-16(20)17(21)22-11-15/h2-4,6-7,10-11H,5,8-9,12-13H2,1H3,(H2,21,22)(H,23,25). The summed E-state index contributed by atoms with van der Waals surface area (Å²) in [6.07, 6.45) is 3.64. The molecule has 2 heterocycles. The molecule has 0 aliphatic carbocycles. The third-order valence-electron chi connectivity index (χ3n) is 4.88. The normalized spacial score (nSPS) is 20.6. The van der Waals surface area contributed by atoms with E-state index in [2.05, 4.69) is 46.4 Å². The lowest BCUT2D eigenvalue weighted by atomic mass is 9.98. The summed E-state index contributed by atoms with van der Waals surface area (Å²) in [4.78, 5) is 18.8. The lowest BCUT2D eigenvalue weighted by molar-refractivity contribution is 0.0897. The molecule has 25 heavy (non-hydrogen) atoms. The number of nitrogens with one attached hydrogen (secondary N) is 1. The zero-order chi connectivity index (χ0) is 17.9. The lowest BCUT2D eigenvalue weighted by Gasteiger charge is -2.35. The minimum Gasteiger partial charge on any atom is -0.382 e. The molecule has 1 aromatic carbocycles. The van der Waals surface area contributed by atoms with E-state index in [0.717, 1.165) is 25.9 Å². The number of carbonyl (C=O) groups excluding carboxylic acids is 1. The predicted octanol–water partition coefficient (Wildman–Crippen LogP) is 3.10. The Morgan fingerprint density at radius 1 is 1.40 bits per heavy atom. The first-order chi connectivity index (χ1) is 12.0. The van der Waals surface area contributed by atoms with Gasteiger partial charge in [0, 0.05) is 24.8 Å². The molecule has 3 N–H and O–H groups in total. The van der Waals surface area contributed by atoms with Crippen LogP contribution in [0.4, 0.5) is 5.82 Å². The van der Waals surface area contributed by atoms with Crippen LogP contribution in [0.15, 0.2) is 42.6 Å². The lowest BCUT2D eigenvalue weighted by Crippen LogP contribution is -2.49. The van der Waals surface area contributed by atoms with Gasteiger partial charge in [-0.15, -0.1) is 0 Å². The summed E-state index contributed by atoms with van der Waals surface area (Å²) in [5.74, 6) is 0.0530. The van der Waals surface area contributed by atoms with Gasteiger partial charge in [-0.2, -0.15) is 0 Å². The minimum absolute atomic E-state index is 0.0590. The Balaban J connectivity index is 1.64. The molecule has 2 aromatic rings. The molecule has 0 bridgehead atoms. The first-order valence-electron chi connectivity index (χ1n) is 8.46. The fourth-order valence-electron chi connectivity index (χ4n) is 3.30. The number of aromatic nitrogens is 1. The Bertz CT molecular complexity index is 752. The number of hydrogen-bond acceptors (Lipinski definition) is 4. The zero-order valence-corrected chi connectivity index (χ0v) is 15.1. The van der Waals surface area contributed by atoms with E-state index in [1.807, 2.05) is 6.07 Å². The number of anilines is 1. The molecule has 0 radical (unpaired) electrons. The highest BCUT2D eigenvalue weighted by atomic mass is 35.5. The van der Waals surface area contributed by atoms with Crippen LogP contribution >= 0.6 is 11.6 Å². The molecule has 3 rings (SSSR count). The maximum atomic E-state index is 12.4. The smallest absolute Gasteiger partial charge is 0.252 e. The van der Waals surface area contributed by atoms with Crippen LogP contribution in [-0.2, 0) is 6.54 Å². The molecule has 1 fully saturated rings. The van der Waals surface area contributed by atoms with E-state index >= 15 is 0 Å². The van der Waals surface area contributed by atoms with Gasteiger partial charge in [0.1, 0.15) is 5.82 Å². The highest BCUT2D eigenvalue weighted by Gasteiger charge is 2.36. The van der Waals surface area contributed by atoms with E-state index in [1.54, 1.807) is 6.07 Å². The quantitative estimate of drug-likeness (QED) is 0.861. The van der Waals surface area contributed by atoms with Gasteiger partial charge in [0.25, 0.3) is 5.91 Å². The van der Waals surface area contributed by atoms with Crippen molar-refractivity contribution in [1.82, 2.24) is 15.2 Å². The van der Waals surface area contributed by atoms with Gasteiger partial charge in [-0.05, 0) is 37.9 Å². The van der Waals surface area contributed by atoms with E-state index in [9.17, 15) is 4.79 Å². The number of nitrogen functional groups attached to an aromatic ring is 1. The topological polar surface area (TPSA) is 71.2 Å². The van der Waals surface area contributed by atoms with Crippen LogP contribution in [0.2, 0.25) is 5.02 Å². The van der Waals surface area contributed by atoms with Crippen molar-refractivity contribution in [2.75, 3.05) is 18.8 Å². The van der Waals surface area contributed by atoms with Crippen LogP contribution in [-0.4, -0.2) is 34.4 Å². The fraction of sp³-hybridized carbons (Fsp3) is 0.368. The molecule has 1 atom stereocenters. The van der Waals surface area contributed by atoms with Crippen LogP contribution in [0.5, 0.6) is 0 Å². The van der Waals surface area contributed by atoms with E-state index in [1.165, 1.54) is 11.8 Å². The van der Waals surface area contributed by atoms with Gasteiger partial charge in [0.2, 0.25) is 0 Å². The number of likely N-dealkylation sites (tertiary alicyclic amines) is 1. The van der Waals surface area contributed by atoms with Crippen LogP contribution < -0.4 is 11.1 Å². The Morgan fingerprint density at radius 3 is 2.88 bits per heavy atom. The molecular formula is C19H23ClN4O. The summed E-state index contributed by atoms with van der Waals surface area (Å²) >= 11 is 5.95. The van der Waals surface area contributed by atoms with E-state index < -0.39 is 0 Å². The van der Waals surface area contributed by atoms with Crippen molar-refractivity contribution in [2.24, 2.45) is 0 Å². The van der Waals surface area contributed by atoms with Gasteiger partial charge in [-0.1, -0.05) is 41.9 Å². The van der Waals surface area contributed by atoms with Gasteiger partial charge in [0.05, 0.1) is 10.6 Å². The Morgan fingerprint density at radius 2 is 2.16 bits per heavy atom. The van der Waals surface area contributed by atoms with Crippen LogP contribution in [0, 0.1) is 0 Å². The van der Waals surface area contributed by atoms with Gasteiger partial charge >= 0.3 is 0 Å². The number of carbonyl (C=O) groups is 1. The molecule has 132 valence electrons. The molecule has 5 nitrogen and oxygen atoms in total. The zero-order valence-electron chi connectivity index (χ0n) is 14.3. The van der Waals surface area contributed by atoms with Gasteiger partial charge in [-0.25, -0.2) is 4.98 Å². The van der Waals surface area contributed by atoms with Crippen molar-refractivity contribution in [3.05, 3.63) is 58.7 Å².